The third-order valence-electron chi connectivity index (χ3n) is 13.8. The Kier molecular flexibility index (Phi) is 15.6. The van der Waals surface area contributed by atoms with E-state index in [-0.39, 0.29) is 26.1 Å². The summed E-state index contributed by atoms with van der Waals surface area (Å²) in [5.74, 6) is 0. The molecule has 388 valence electrons. The van der Waals surface area contributed by atoms with E-state index < -0.39 is 103 Å². The molecule has 6 aromatic rings. The lowest BCUT2D eigenvalue weighted by Gasteiger charge is -2.39. The number of aromatic nitrogens is 4. The van der Waals surface area contributed by atoms with E-state index in [9.17, 15) is 34.0 Å². The Morgan fingerprint density at radius 2 is 0.973 bits per heavy atom. The molecule has 0 radical (unpaired) electrons. The first-order chi connectivity index (χ1) is 34.6. The van der Waals surface area contributed by atoms with E-state index in [0.717, 1.165) is 69.8 Å². The normalized spacial score (nSPS) is 26.5. The van der Waals surface area contributed by atoms with Crippen molar-refractivity contribution in [1.29, 1.82) is 0 Å². The van der Waals surface area contributed by atoms with E-state index in [1.165, 1.54) is 0 Å². The fourth-order valence-corrected chi connectivity index (χ4v) is 10.3. The van der Waals surface area contributed by atoms with Crippen LogP contribution in [0, 0.1) is 13.8 Å². The van der Waals surface area contributed by atoms with Gasteiger partial charge in [0.15, 0.2) is 23.8 Å². The summed E-state index contributed by atoms with van der Waals surface area (Å²) in [5.41, 5.74) is -1.62. The summed E-state index contributed by atoms with van der Waals surface area (Å²) in [7, 11) is -4.82. The lowest BCUT2D eigenvalue weighted by Crippen LogP contribution is -2.46. The summed E-state index contributed by atoms with van der Waals surface area (Å²) in [4.78, 5) is 53.9. The summed E-state index contributed by atoms with van der Waals surface area (Å²) in [6.07, 6.45) is -8.77. The van der Waals surface area contributed by atoms with Gasteiger partial charge in [-0.05, 0) is 61.1 Å². The summed E-state index contributed by atoms with van der Waals surface area (Å²) in [6, 6.07) is 33.8. The average Bonchev–Trinajstić information content (AvgIpc) is 3.72. The summed E-state index contributed by atoms with van der Waals surface area (Å²) in [5, 5.41) is 23.4. The molecule has 2 aliphatic rings. The molecule has 0 amide bonds. The first-order valence-corrected chi connectivity index (χ1v) is 25.1. The number of aliphatic hydroxyl groups is 2. The number of aromatic amines is 2. The molecule has 18 nitrogen and oxygen atoms in total. The summed E-state index contributed by atoms with van der Waals surface area (Å²) in [6.45, 7) is 4.35. The molecular weight excluding hydrogens is 972 g/mol. The van der Waals surface area contributed by atoms with Crippen LogP contribution in [0.25, 0.3) is 0 Å². The van der Waals surface area contributed by atoms with Crippen molar-refractivity contribution in [3.05, 3.63) is 209 Å². The van der Waals surface area contributed by atoms with E-state index in [2.05, 4.69) is 9.97 Å². The van der Waals surface area contributed by atoms with E-state index >= 15 is 8.78 Å². The molecule has 4 aromatic carbocycles. The van der Waals surface area contributed by atoms with Gasteiger partial charge in [0, 0.05) is 37.4 Å². The number of halogens is 2. The van der Waals surface area contributed by atoms with E-state index in [1.807, 2.05) is 62.4 Å². The summed E-state index contributed by atoms with van der Waals surface area (Å²) < 4.78 is 88.3. The van der Waals surface area contributed by atoms with Crippen molar-refractivity contribution in [2.75, 3.05) is 13.2 Å². The molecule has 21 heteroatoms. The maximum Gasteiger partial charge on any atom is 0.403 e. The molecule has 2 aliphatic heterocycles. The fraction of sp³-hybridized carbons (Fsp3) is 0.385. The summed E-state index contributed by atoms with van der Waals surface area (Å²) >= 11 is 0. The third-order valence-corrected chi connectivity index (χ3v) is 14.8. The molecule has 0 saturated carbocycles. The number of nitrogens with zero attached hydrogens (tertiary/aromatic N) is 2. The highest BCUT2D eigenvalue weighted by molar-refractivity contribution is 7.51. The molecule has 73 heavy (non-hydrogen) atoms. The van der Waals surface area contributed by atoms with Crippen molar-refractivity contribution in [2.45, 2.75) is 113 Å². The van der Waals surface area contributed by atoms with Gasteiger partial charge < -0.3 is 29.2 Å². The standard InChI is InChI=1S/C52H58F2N5O13P/c1-33-15-11-13-17-35(33)29-67-51(37-19-7-5-8-20-37,27-39-43(62)49(3,53)45(71-39)58-25-23-41(60)56-47(58)64)31-69-73(55,66)70-32-52(38-21-9-6-10-22-38,68-30-36-18-14-12-16-34(36)2)28-40-44(63)50(4,54)46(72-40)59-26-24-42(61)57-48(59)65/h5-26,39-40,43-46,62-63H,27-32H2,1-4H3,(H2,55,66)(H,56,60,64)(H,57,61,65)/t39-,40-,43-,44-,45-,46-,49-,50-,51?,52?,73?/m1/s1. The van der Waals surface area contributed by atoms with Gasteiger partial charge in [-0.2, -0.15) is 0 Å². The van der Waals surface area contributed by atoms with Crippen molar-refractivity contribution in [2.24, 2.45) is 5.50 Å². The zero-order valence-corrected chi connectivity index (χ0v) is 41.4. The maximum absolute atomic E-state index is 16.8. The molecule has 6 N–H and O–H groups in total. The van der Waals surface area contributed by atoms with Gasteiger partial charge in [-0.3, -0.25) is 37.7 Å². The monoisotopic (exact) mass is 1030 g/mol. The predicted molar refractivity (Wildman–Crippen MR) is 263 cm³/mol. The highest BCUT2D eigenvalue weighted by Gasteiger charge is 2.59. The Morgan fingerprint density at radius 1 is 0.616 bits per heavy atom. The van der Waals surface area contributed by atoms with E-state index in [4.69, 9.17) is 33.5 Å². The second-order valence-corrected chi connectivity index (χ2v) is 20.5. The van der Waals surface area contributed by atoms with Crippen molar-refractivity contribution in [3.8, 4) is 0 Å². The lowest BCUT2D eigenvalue weighted by molar-refractivity contribution is -0.142. The van der Waals surface area contributed by atoms with Crippen LogP contribution in [0.4, 0.5) is 8.78 Å². The Labute approximate surface area is 417 Å². The molecule has 2 aromatic heterocycles. The number of aliphatic hydroxyl groups excluding tert-OH is 2. The molecule has 0 spiro atoms. The van der Waals surface area contributed by atoms with Gasteiger partial charge in [-0.15, -0.1) is 0 Å². The van der Waals surface area contributed by atoms with Gasteiger partial charge in [0.1, 0.15) is 23.4 Å². The number of benzene rings is 4. The third kappa shape index (κ3) is 11.4. The van der Waals surface area contributed by atoms with Gasteiger partial charge >= 0.3 is 19.1 Å². The predicted octanol–water partition coefficient (Wildman–Crippen LogP) is 5.78. The van der Waals surface area contributed by atoms with Crippen LogP contribution in [-0.2, 0) is 57.0 Å². The number of hydrogen-bond donors (Lipinski definition) is 5. The first kappa shape index (κ1) is 53.3. The first-order valence-electron chi connectivity index (χ1n) is 23.5. The highest BCUT2D eigenvalue weighted by Crippen LogP contribution is 2.51. The topological polar surface area (TPSA) is 249 Å². The molecule has 10 atom stereocenters. The molecule has 2 saturated heterocycles. The van der Waals surface area contributed by atoms with Gasteiger partial charge in [-0.1, -0.05) is 109 Å². The molecule has 0 bridgehead atoms. The molecule has 2 fully saturated rings. The number of rotatable bonds is 20. The number of nitrogens with two attached hydrogens (primary N) is 1. The molecular formula is C52H58F2N5O13P. The van der Waals surface area contributed by atoms with Gasteiger partial charge in [0.05, 0.1) is 38.6 Å². The minimum Gasteiger partial charge on any atom is -0.387 e. The van der Waals surface area contributed by atoms with Crippen molar-refractivity contribution < 1.29 is 51.6 Å². The smallest absolute Gasteiger partial charge is 0.387 e. The van der Waals surface area contributed by atoms with Crippen LogP contribution in [0.3, 0.4) is 0 Å². The number of hydrogen-bond acceptors (Lipinski definition) is 13. The molecule has 8 rings (SSSR count). The van der Waals surface area contributed by atoms with Gasteiger partial charge in [-0.25, -0.2) is 28.4 Å². The average molecular weight is 1030 g/mol. The van der Waals surface area contributed by atoms with Crippen molar-refractivity contribution >= 4 is 7.75 Å². The van der Waals surface area contributed by atoms with Crippen LogP contribution in [0.2, 0.25) is 0 Å². The maximum atomic E-state index is 16.8. The molecule has 2 unspecified atom stereocenters. The van der Waals surface area contributed by atoms with E-state index in [0.29, 0.717) is 11.1 Å². The minimum atomic E-state index is -4.82. The van der Waals surface area contributed by atoms with Crippen molar-refractivity contribution in [1.82, 2.24) is 19.1 Å². The zero-order valence-electron chi connectivity index (χ0n) is 40.5. The van der Waals surface area contributed by atoms with Crippen molar-refractivity contribution in [3.63, 3.8) is 0 Å². The Morgan fingerprint density at radius 3 is 1.33 bits per heavy atom. The van der Waals surface area contributed by atoms with Crippen LogP contribution in [-0.4, -0.2) is 78.3 Å². The number of alkyl halides is 2. The zero-order chi connectivity index (χ0) is 52.3. The van der Waals surface area contributed by atoms with Crippen LogP contribution in [0.1, 0.15) is 72.5 Å². The number of nitrogens with one attached hydrogen (secondary N) is 2. The minimum absolute atomic E-state index is 0.0909. The second-order valence-electron chi connectivity index (χ2n) is 18.9. The van der Waals surface area contributed by atoms with Crippen LogP contribution in [0.5, 0.6) is 0 Å². The SMILES string of the molecule is Cc1ccccc1COC(COP(N)(=O)OCC(C[C@H]1O[C@@H](n2ccc(=O)[nH]c2=O)[C@](C)(F)[C@@H]1O)(OCc1ccccc1C)c1ccccc1)(C[C@H]1O[C@@H](n2ccc(=O)[nH]c2=O)[C@](C)(F)[C@@H]1O)c1ccccc1. The van der Waals surface area contributed by atoms with Gasteiger partial charge in [0.25, 0.3) is 11.1 Å². The van der Waals surface area contributed by atoms with Crippen LogP contribution < -0.4 is 28.0 Å². The van der Waals surface area contributed by atoms with E-state index in [1.54, 1.807) is 60.7 Å². The number of ether oxygens (including phenoxy) is 4. The largest absolute Gasteiger partial charge is 0.403 e. The quantitative estimate of drug-likeness (QED) is 0.0569. The molecule has 0 aliphatic carbocycles. The Balaban J connectivity index is 1.15. The number of H-pyrrole nitrogens is 2. The van der Waals surface area contributed by atoms with Gasteiger partial charge in [0.2, 0.25) is 0 Å². The van der Waals surface area contributed by atoms with Crippen LogP contribution in [0.15, 0.2) is 153 Å². The van der Waals surface area contributed by atoms with Crippen LogP contribution >= 0.6 is 7.75 Å². The highest BCUT2D eigenvalue weighted by atomic mass is 31.2. The number of aryl methyl sites for hydroxylation is 2. The second kappa shape index (κ2) is 21.4. The lowest BCUT2D eigenvalue weighted by atomic mass is 9.85. The fourth-order valence-electron chi connectivity index (χ4n) is 9.41. The molecule has 4 heterocycles. The Bertz CT molecular complexity index is 2970. The Hall–Kier alpha value is -6.03.